The van der Waals surface area contributed by atoms with Crippen LogP contribution in [0.1, 0.15) is 22.7 Å². The van der Waals surface area contributed by atoms with Crippen molar-refractivity contribution in [2.75, 3.05) is 0 Å². The van der Waals surface area contributed by atoms with Gasteiger partial charge in [-0.05, 0) is 47.9 Å². The molecule has 0 aromatic heterocycles. The van der Waals surface area contributed by atoms with Gasteiger partial charge in [0.05, 0.1) is 6.04 Å². The van der Waals surface area contributed by atoms with Crippen LogP contribution in [-0.4, -0.2) is 6.36 Å². The fourth-order valence-corrected chi connectivity index (χ4v) is 2.00. The first-order valence-electron chi connectivity index (χ1n) is 6.13. The Morgan fingerprint density at radius 2 is 1.67 bits per heavy atom. The van der Waals surface area contributed by atoms with Crippen LogP contribution in [0.25, 0.3) is 0 Å². The highest BCUT2D eigenvalue weighted by Gasteiger charge is 2.31. The minimum atomic E-state index is -4.73. The summed E-state index contributed by atoms with van der Waals surface area (Å²) in [6, 6.07) is 8.83. The monoisotopic (exact) mass is 299 g/mol. The number of hydrogen-bond donors (Lipinski definition) is 1. The van der Waals surface area contributed by atoms with E-state index in [-0.39, 0.29) is 5.75 Å². The van der Waals surface area contributed by atoms with Gasteiger partial charge in [0.2, 0.25) is 0 Å². The number of rotatable bonds is 3. The van der Waals surface area contributed by atoms with Crippen LogP contribution < -0.4 is 10.5 Å². The van der Waals surface area contributed by atoms with Crippen LogP contribution in [0.3, 0.4) is 0 Å². The summed E-state index contributed by atoms with van der Waals surface area (Å²) in [4.78, 5) is 0. The molecular formula is C15H13F4NO. The molecule has 2 aromatic rings. The Bertz CT molecular complexity index is 623. The lowest BCUT2D eigenvalue weighted by atomic mass is 9.95. The van der Waals surface area contributed by atoms with Crippen LogP contribution in [-0.2, 0) is 0 Å². The second-order valence-corrected chi connectivity index (χ2v) is 4.60. The van der Waals surface area contributed by atoms with E-state index in [1.807, 2.05) is 0 Å². The van der Waals surface area contributed by atoms with Crippen molar-refractivity contribution in [3.63, 3.8) is 0 Å². The first kappa shape index (κ1) is 15.3. The van der Waals surface area contributed by atoms with Gasteiger partial charge in [-0.15, -0.1) is 13.2 Å². The van der Waals surface area contributed by atoms with Crippen molar-refractivity contribution in [1.29, 1.82) is 0 Å². The van der Waals surface area contributed by atoms with Gasteiger partial charge in [-0.25, -0.2) is 4.39 Å². The summed E-state index contributed by atoms with van der Waals surface area (Å²) in [5, 5.41) is 0. The molecule has 0 amide bonds. The van der Waals surface area contributed by atoms with Crippen molar-refractivity contribution in [2.24, 2.45) is 5.73 Å². The van der Waals surface area contributed by atoms with Crippen LogP contribution in [0, 0.1) is 12.7 Å². The van der Waals surface area contributed by atoms with Gasteiger partial charge in [-0.3, -0.25) is 0 Å². The van der Waals surface area contributed by atoms with Crippen molar-refractivity contribution in [3.05, 3.63) is 65.0 Å². The molecule has 21 heavy (non-hydrogen) atoms. The van der Waals surface area contributed by atoms with Crippen molar-refractivity contribution < 1.29 is 22.3 Å². The lowest BCUT2D eigenvalue weighted by Crippen LogP contribution is -2.17. The Morgan fingerprint density at radius 1 is 1.05 bits per heavy atom. The largest absolute Gasteiger partial charge is 0.573 e. The zero-order chi connectivity index (χ0) is 15.6. The molecule has 0 spiro atoms. The molecule has 0 bridgehead atoms. The zero-order valence-corrected chi connectivity index (χ0v) is 11.1. The van der Waals surface area contributed by atoms with Gasteiger partial charge in [0.25, 0.3) is 0 Å². The van der Waals surface area contributed by atoms with E-state index in [0.29, 0.717) is 11.1 Å². The molecule has 2 rings (SSSR count). The number of benzene rings is 2. The van der Waals surface area contributed by atoms with Crippen LogP contribution >= 0.6 is 0 Å². The quantitative estimate of drug-likeness (QED) is 0.867. The summed E-state index contributed by atoms with van der Waals surface area (Å²) in [7, 11) is 0. The molecule has 0 saturated heterocycles. The molecule has 1 atom stereocenters. The maximum absolute atomic E-state index is 13.3. The predicted molar refractivity (Wildman–Crippen MR) is 70.3 cm³/mol. The van der Waals surface area contributed by atoms with Gasteiger partial charge in [-0.1, -0.05) is 18.2 Å². The fraction of sp³-hybridized carbons (Fsp3) is 0.200. The molecule has 112 valence electrons. The molecule has 2 nitrogen and oxygen atoms in total. The van der Waals surface area contributed by atoms with Gasteiger partial charge in [0, 0.05) is 0 Å². The predicted octanol–water partition coefficient (Wildman–Crippen LogP) is 4.08. The molecule has 6 heteroatoms. The Morgan fingerprint density at radius 3 is 2.24 bits per heavy atom. The van der Waals surface area contributed by atoms with Gasteiger partial charge >= 0.3 is 6.36 Å². The van der Waals surface area contributed by atoms with E-state index in [1.165, 1.54) is 36.4 Å². The third-order valence-electron chi connectivity index (χ3n) is 3.05. The summed E-state index contributed by atoms with van der Waals surface area (Å²) in [5.41, 5.74) is 7.99. The van der Waals surface area contributed by atoms with Gasteiger partial charge < -0.3 is 10.5 Å². The second-order valence-electron chi connectivity index (χ2n) is 4.60. The van der Waals surface area contributed by atoms with Crippen molar-refractivity contribution in [2.45, 2.75) is 19.3 Å². The minimum absolute atomic E-state index is 0.325. The van der Waals surface area contributed by atoms with E-state index in [0.717, 1.165) is 5.56 Å². The summed E-state index contributed by atoms with van der Waals surface area (Å²) in [6.07, 6.45) is -4.73. The summed E-state index contributed by atoms with van der Waals surface area (Å²) < 4.78 is 53.3. The van der Waals surface area contributed by atoms with E-state index >= 15 is 0 Å². The highest BCUT2D eigenvalue weighted by atomic mass is 19.4. The molecule has 0 fully saturated rings. The van der Waals surface area contributed by atoms with Crippen LogP contribution in [0.2, 0.25) is 0 Å². The van der Waals surface area contributed by atoms with Crippen LogP contribution in [0.5, 0.6) is 5.75 Å². The Balaban J connectivity index is 2.24. The average molecular weight is 299 g/mol. The molecule has 0 aliphatic heterocycles. The first-order valence-corrected chi connectivity index (χ1v) is 6.13. The SMILES string of the molecule is Cc1ccc(F)cc1[C@@H](N)c1ccc(OC(F)(F)F)cc1. The summed E-state index contributed by atoms with van der Waals surface area (Å²) in [5.74, 6) is -0.738. The number of hydrogen-bond acceptors (Lipinski definition) is 2. The smallest absolute Gasteiger partial charge is 0.406 e. The normalized spacial score (nSPS) is 13.0. The number of ether oxygens (including phenoxy) is 1. The third kappa shape index (κ3) is 3.95. The van der Waals surface area contributed by atoms with Crippen LogP contribution in [0.4, 0.5) is 17.6 Å². The van der Waals surface area contributed by atoms with Gasteiger partial charge in [-0.2, -0.15) is 0 Å². The van der Waals surface area contributed by atoms with Crippen LogP contribution in [0.15, 0.2) is 42.5 Å². The topological polar surface area (TPSA) is 35.2 Å². The standard InChI is InChI=1S/C15H13F4NO/c1-9-2-5-11(16)8-13(9)14(20)10-3-6-12(7-4-10)21-15(17,18)19/h2-8,14H,20H2,1H3/t14-/m0/s1. The van der Waals surface area contributed by atoms with E-state index in [1.54, 1.807) is 13.0 Å². The molecule has 2 aromatic carbocycles. The Kier molecular flexibility index (Phi) is 4.18. The van der Waals surface area contributed by atoms with E-state index in [9.17, 15) is 17.6 Å². The molecular weight excluding hydrogens is 286 g/mol. The Hall–Kier alpha value is -2.08. The first-order chi connectivity index (χ1) is 9.76. The fourth-order valence-electron chi connectivity index (χ4n) is 2.00. The molecule has 0 aliphatic carbocycles. The van der Waals surface area contributed by atoms with E-state index < -0.39 is 18.2 Å². The maximum atomic E-state index is 13.3. The highest BCUT2D eigenvalue weighted by molar-refractivity contribution is 5.38. The lowest BCUT2D eigenvalue weighted by molar-refractivity contribution is -0.274. The van der Waals surface area contributed by atoms with Gasteiger partial charge in [0.1, 0.15) is 11.6 Å². The Labute approximate surface area is 119 Å². The maximum Gasteiger partial charge on any atom is 0.573 e. The van der Waals surface area contributed by atoms with E-state index in [4.69, 9.17) is 5.73 Å². The van der Waals surface area contributed by atoms with Crippen molar-refractivity contribution in [1.82, 2.24) is 0 Å². The molecule has 0 radical (unpaired) electrons. The van der Waals surface area contributed by atoms with Crippen molar-refractivity contribution in [3.8, 4) is 5.75 Å². The molecule has 0 aliphatic rings. The minimum Gasteiger partial charge on any atom is -0.406 e. The second kappa shape index (κ2) is 5.73. The molecule has 0 saturated carbocycles. The molecule has 0 heterocycles. The molecule has 0 unspecified atom stereocenters. The number of halogens is 4. The lowest BCUT2D eigenvalue weighted by Gasteiger charge is -2.16. The summed E-state index contributed by atoms with van der Waals surface area (Å²) >= 11 is 0. The number of aryl methyl sites for hydroxylation is 1. The average Bonchev–Trinajstić information content (AvgIpc) is 2.40. The summed E-state index contributed by atoms with van der Waals surface area (Å²) in [6.45, 7) is 1.79. The van der Waals surface area contributed by atoms with Crippen molar-refractivity contribution >= 4 is 0 Å². The number of nitrogens with two attached hydrogens (primary N) is 1. The third-order valence-corrected chi connectivity index (χ3v) is 3.05. The molecule has 2 N–H and O–H groups in total. The number of alkyl halides is 3. The highest BCUT2D eigenvalue weighted by Crippen LogP contribution is 2.27. The van der Waals surface area contributed by atoms with E-state index in [2.05, 4.69) is 4.74 Å². The zero-order valence-electron chi connectivity index (χ0n) is 11.1. The van der Waals surface area contributed by atoms with Gasteiger partial charge in [0.15, 0.2) is 0 Å².